The van der Waals surface area contributed by atoms with Crippen LogP contribution in [0.1, 0.15) is 18.4 Å². The maximum atomic E-state index is 13.4. The highest BCUT2D eigenvalue weighted by atomic mass is 35.5. The predicted molar refractivity (Wildman–Crippen MR) is 71.5 cm³/mol. The second kappa shape index (κ2) is 6.00. The Bertz CT molecular complexity index is 409. The van der Waals surface area contributed by atoms with Crippen LogP contribution in [0.3, 0.4) is 0 Å². The van der Waals surface area contributed by atoms with Gasteiger partial charge < -0.3 is 10.1 Å². The fourth-order valence-electron chi connectivity index (χ4n) is 2.44. The molecule has 1 fully saturated rings. The first-order valence-corrected chi connectivity index (χ1v) is 6.68. The summed E-state index contributed by atoms with van der Waals surface area (Å²) in [6.45, 7) is 0. The van der Waals surface area contributed by atoms with Crippen LogP contribution in [0.5, 0.6) is 0 Å². The van der Waals surface area contributed by atoms with Crippen molar-refractivity contribution in [2.75, 3.05) is 14.2 Å². The van der Waals surface area contributed by atoms with Crippen molar-refractivity contribution in [3.05, 3.63) is 34.6 Å². The molecular weight excluding hydrogens is 253 g/mol. The SMILES string of the molecule is CNC(Cc1cccc(F)c1Cl)C(OC)C1CC1. The Morgan fingerprint density at radius 3 is 2.78 bits per heavy atom. The fraction of sp³-hybridized carbons (Fsp3) is 0.571. The highest BCUT2D eigenvalue weighted by molar-refractivity contribution is 6.31. The Labute approximate surface area is 112 Å². The molecule has 0 amide bonds. The Kier molecular flexibility index (Phi) is 4.60. The lowest BCUT2D eigenvalue weighted by atomic mass is 9.98. The second-order valence-electron chi connectivity index (χ2n) is 4.85. The summed E-state index contributed by atoms with van der Waals surface area (Å²) in [6.07, 6.45) is 3.29. The van der Waals surface area contributed by atoms with E-state index in [0.717, 1.165) is 5.56 Å². The molecule has 0 aliphatic heterocycles. The first kappa shape index (κ1) is 13.8. The highest BCUT2D eigenvalue weighted by Gasteiger charge is 2.36. The Morgan fingerprint density at radius 2 is 2.22 bits per heavy atom. The molecule has 0 aromatic heterocycles. The van der Waals surface area contributed by atoms with Crippen LogP contribution in [-0.4, -0.2) is 26.3 Å². The van der Waals surface area contributed by atoms with Gasteiger partial charge in [-0.15, -0.1) is 0 Å². The molecule has 1 aromatic rings. The van der Waals surface area contributed by atoms with Gasteiger partial charge in [-0.1, -0.05) is 23.7 Å². The van der Waals surface area contributed by atoms with Crippen LogP contribution in [0.4, 0.5) is 4.39 Å². The number of hydrogen-bond acceptors (Lipinski definition) is 2. The zero-order valence-electron chi connectivity index (χ0n) is 10.7. The Balaban J connectivity index is 2.11. The van der Waals surface area contributed by atoms with Gasteiger partial charge in [0.25, 0.3) is 0 Å². The third kappa shape index (κ3) is 3.02. The van der Waals surface area contributed by atoms with Gasteiger partial charge in [0.2, 0.25) is 0 Å². The number of benzene rings is 1. The molecule has 2 unspecified atom stereocenters. The van der Waals surface area contributed by atoms with Crippen molar-refractivity contribution in [1.82, 2.24) is 5.32 Å². The summed E-state index contributed by atoms with van der Waals surface area (Å²) in [5, 5.41) is 3.49. The topological polar surface area (TPSA) is 21.3 Å². The van der Waals surface area contributed by atoms with Gasteiger partial charge >= 0.3 is 0 Å². The zero-order valence-corrected chi connectivity index (χ0v) is 11.5. The van der Waals surface area contributed by atoms with Crippen molar-refractivity contribution in [2.45, 2.75) is 31.4 Å². The maximum Gasteiger partial charge on any atom is 0.142 e. The smallest absolute Gasteiger partial charge is 0.142 e. The maximum absolute atomic E-state index is 13.4. The molecule has 0 heterocycles. The summed E-state index contributed by atoms with van der Waals surface area (Å²) < 4.78 is 19.0. The van der Waals surface area contributed by atoms with Crippen molar-refractivity contribution in [2.24, 2.45) is 5.92 Å². The van der Waals surface area contributed by atoms with Crippen LogP contribution >= 0.6 is 11.6 Å². The van der Waals surface area contributed by atoms with Crippen LogP contribution in [0.15, 0.2) is 18.2 Å². The van der Waals surface area contributed by atoms with E-state index in [1.165, 1.54) is 18.9 Å². The molecule has 0 radical (unpaired) electrons. The van der Waals surface area contributed by atoms with E-state index >= 15 is 0 Å². The lowest BCUT2D eigenvalue weighted by Gasteiger charge is -2.26. The fourth-order valence-corrected chi connectivity index (χ4v) is 2.64. The third-order valence-corrected chi connectivity index (χ3v) is 4.02. The number of ether oxygens (including phenoxy) is 1. The summed E-state index contributed by atoms with van der Waals surface area (Å²) in [7, 11) is 3.65. The van der Waals surface area contributed by atoms with E-state index in [1.807, 2.05) is 13.1 Å². The third-order valence-electron chi connectivity index (χ3n) is 3.60. The van der Waals surface area contributed by atoms with Gasteiger partial charge in [0, 0.05) is 13.2 Å². The summed E-state index contributed by atoms with van der Waals surface area (Å²) in [4.78, 5) is 0. The number of methoxy groups -OCH3 is 1. The van der Waals surface area contributed by atoms with Crippen LogP contribution < -0.4 is 5.32 Å². The van der Waals surface area contributed by atoms with Gasteiger partial charge in [-0.3, -0.25) is 0 Å². The standard InChI is InChI=1S/C14H19ClFNO/c1-17-12(14(18-2)9-6-7-9)8-10-4-3-5-11(16)13(10)15/h3-5,9,12,14,17H,6-8H2,1-2H3. The molecule has 1 saturated carbocycles. The van der Waals surface area contributed by atoms with E-state index in [1.54, 1.807) is 13.2 Å². The number of nitrogens with one attached hydrogen (secondary N) is 1. The van der Waals surface area contributed by atoms with Crippen molar-refractivity contribution < 1.29 is 9.13 Å². The van der Waals surface area contributed by atoms with E-state index < -0.39 is 0 Å². The molecule has 1 N–H and O–H groups in total. The van der Waals surface area contributed by atoms with Crippen LogP contribution in [0, 0.1) is 11.7 Å². The lowest BCUT2D eigenvalue weighted by molar-refractivity contribution is 0.0534. The minimum absolute atomic E-state index is 0.168. The Morgan fingerprint density at radius 1 is 1.50 bits per heavy atom. The summed E-state index contributed by atoms with van der Waals surface area (Å²) in [5.74, 6) is 0.268. The first-order valence-electron chi connectivity index (χ1n) is 6.30. The van der Waals surface area contributed by atoms with Gasteiger partial charge in [-0.25, -0.2) is 4.39 Å². The quantitative estimate of drug-likeness (QED) is 0.859. The first-order chi connectivity index (χ1) is 8.67. The Hall–Kier alpha value is -0.640. The number of likely N-dealkylation sites (N-methyl/N-ethyl adjacent to an activating group) is 1. The van der Waals surface area contributed by atoms with E-state index in [0.29, 0.717) is 12.3 Å². The van der Waals surface area contributed by atoms with E-state index in [-0.39, 0.29) is 23.0 Å². The van der Waals surface area contributed by atoms with Crippen LogP contribution in [0.25, 0.3) is 0 Å². The molecule has 2 atom stereocenters. The molecule has 0 spiro atoms. The second-order valence-corrected chi connectivity index (χ2v) is 5.23. The van der Waals surface area contributed by atoms with Gasteiger partial charge in [0.15, 0.2) is 0 Å². The molecule has 100 valence electrons. The van der Waals surface area contributed by atoms with Crippen LogP contribution in [0.2, 0.25) is 5.02 Å². The largest absolute Gasteiger partial charge is 0.380 e. The highest BCUT2D eigenvalue weighted by Crippen LogP contribution is 2.36. The molecular formula is C14H19ClFNO. The molecule has 4 heteroatoms. The van der Waals surface area contributed by atoms with Gasteiger partial charge in [-0.05, 0) is 43.9 Å². The zero-order chi connectivity index (χ0) is 13.1. The molecule has 1 aliphatic rings. The lowest BCUT2D eigenvalue weighted by Crippen LogP contribution is -2.42. The van der Waals surface area contributed by atoms with Crippen molar-refractivity contribution >= 4 is 11.6 Å². The molecule has 1 aromatic carbocycles. The molecule has 2 rings (SSSR count). The summed E-state index contributed by atoms with van der Waals surface area (Å²) >= 11 is 5.99. The molecule has 1 aliphatic carbocycles. The number of hydrogen-bond donors (Lipinski definition) is 1. The van der Waals surface area contributed by atoms with E-state index in [2.05, 4.69) is 5.32 Å². The van der Waals surface area contributed by atoms with Crippen LogP contribution in [-0.2, 0) is 11.2 Å². The van der Waals surface area contributed by atoms with Crippen molar-refractivity contribution in [3.8, 4) is 0 Å². The molecule has 0 bridgehead atoms. The van der Waals surface area contributed by atoms with Gasteiger partial charge in [0.1, 0.15) is 5.82 Å². The summed E-state index contributed by atoms with van der Waals surface area (Å²) in [6, 6.07) is 5.12. The minimum atomic E-state index is -0.357. The van der Waals surface area contributed by atoms with E-state index in [9.17, 15) is 4.39 Å². The molecule has 2 nitrogen and oxygen atoms in total. The van der Waals surface area contributed by atoms with Crippen molar-refractivity contribution in [3.63, 3.8) is 0 Å². The number of halogens is 2. The van der Waals surface area contributed by atoms with Gasteiger partial charge in [0.05, 0.1) is 11.1 Å². The predicted octanol–water partition coefficient (Wildman–Crippen LogP) is 3.03. The van der Waals surface area contributed by atoms with Gasteiger partial charge in [-0.2, -0.15) is 0 Å². The average Bonchev–Trinajstić information content (AvgIpc) is 3.18. The monoisotopic (exact) mass is 271 g/mol. The average molecular weight is 272 g/mol. The minimum Gasteiger partial charge on any atom is -0.380 e. The number of rotatable bonds is 6. The normalized spacial score (nSPS) is 18.7. The molecule has 0 saturated heterocycles. The van der Waals surface area contributed by atoms with E-state index in [4.69, 9.17) is 16.3 Å². The molecule has 18 heavy (non-hydrogen) atoms. The summed E-state index contributed by atoms with van der Waals surface area (Å²) in [5.41, 5.74) is 0.832. The van der Waals surface area contributed by atoms with Crippen molar-refractivity contribution in [1.29, 1.82) is 0 Å².